The van der Waals surface area contributed by atoms with Gasteiger partial charge in [-0.3, -0.25) is 4.79 Å². The van der Waals surface area contributed by atoms with E-state index in [1.165, 1.54) is 12.8 Å². The van der Waals surface area contributed by atoms with Gasteiger partial charge in [0, 0.05) is 13.1 Å². The van der Waals surface area contributed by atoms with Crippen molar-refractivity contribution in [3.8, 4) is 6.07 Å². The van der Waals surface area contributed by atoms with Crippen molar-refractivity contribution in [3.05, 3.63) is 35.4 Å². The van der Waals surface area contributed by atoms with Crippen molar-refractivity contribution in [3.63, 3.8) is 0 Å². The molecule has 0 aromatic heterocycles. The van der Waals surface area contributed by atoms with E-state index in [4.69, 9.17) is 5.26 Å². The van der Waals surface area contributed by atoms with Crippen LogP contribution in [0.5, 0.6) is 0 Å². The lowest BCUT2D eigenvalue weighted by Gasteiger charge is -2.20. The third kappa shape index (κ3) is 3.84. The number of carbonyl (C=O) groups is 1. The highest BCUT2D eigenvalue weighted by atomic mass is 16.2. The van der Waals surface area contributed by atoms with Crippen molar-refractivity contribution >= 4 is 5.91 Å². The van der Waals surface area contributed by atoms with Crippen molar-refractivity contribution in [1.29, 1.82) is 5.26 Å². The Balaban J connectivity index is 1.92. The topological polar surface area (TPSA) is 44.1 Å². The summed E-state index contributed by atoms with van der Waals surface area (Å²) in [5.74, 6) is 0.995. The summed E-state index contributed by atoms with van der Waals surface area (Å²) < 4.78 is 0. The van der Waals surface area contributed by atoms with Crippen molar-refractivity contribution in [2.75, 3.05) is 13.1 Å². The summed E-state index contributed by atoms with van der Waals surface area (Å²) >= 11 is 0. The molecule has 1 saturated heterocycles. The molecule has 1 heterocycles. The summed E-state index contributed by atoms with van der Waals surface area (Å²) in [7, 11) is 0. The molecule has 0 N–H and O–H groups in total. The van der Waals surface area contributed by atoms with Crippen LogP contribution in [-0.2, 0) is 11.2 Å². The van der Waals surface area contributed by atoms with Gasteiger partial charge in [-0.1, -0.05) is 25.5 Å². The maximum Gasteiger partial charge on any atom is 0.226 e. The molecule has 0 aliphatic carbocycles. The number of hydrogen-bond acceptors (Lipinski definition) is 2. The molecule has 0 bridgehead atoms. The van der Waals surface area contributed by atoms with Gasteiger partial charge in [0.1, 0.15) is 0 Å². The zero-order chi connectivity index (χ0) is 14.4. The lowest BCUT2D eigenvalue weighted by Crippen LogP contribution is -2.33. The summed E-state index contributed by atoms with van der Waals surface area (Å²) in [6.07, 6.45) is 5.17. The first-order valence-corrected chi connectivity index (χ1v) is 7.49. The van der Waals surface area contributed by atoms with Crippen LogP contribution in [0.15, 0.2) is 24.3 Å². The zero-order valence-electron chi connectivity index (χ0n) is 12.1. The van der Waals surface area contributed by atoms with Crippen LogP contribution in [0.4, 0.5) is 0 Å². The van der Waals surface area contributed by atoms with Crippen LogP contribution in [0, 0.1) is 17.2 Å². The van der Waals surface area contributed by atoms with E-state index in [1.54, 1.807) is 12.1 Å². The second-order valence-electron chi connectivity index (χ2n) is 5.57. The van der Waals surface area contributed by atoms with E-state index in [0.717, 1.165) is 37.4 Å². The maximum atomic E-state index is 12.3. The van der Waals surface area contributed by atoms with Gasteiger partial charge in [0.25, 0.3) is 0 Å². The van der Waals surface area contributed by atoms with Crippen molar-refractivity contribution < 1.29 is 4.79 Å². The largest absolute Gasteiger partial charge is 0.342 e. The highest BCUT2D eigenvalue weighted by Crippen LogP contribution is 2.20. The molecule has 2 rings (SSSR count). The number of likely N-dealkylation sites (tertiary alicyclic amines) is 1. The molecule has 1 atom stereocenters. The zero-order valence-corrected chi connectivity index (χ0v) is 12.1. The molecule has 106 valence electrons. The summed E-state index contributed by atoms with van der Waals surface area (Å²) in [6, 6.07) is 9.40. The molecule has 3 heteroatoms. The Morgan fingerprint density at radius 1 is 1.30 bits per heavy atom. The van der Waals surface area contributed by atoms with E-state index < -0.39 is 0 Å². The van der Waals surface area contributed by atoms with Gasteiger partial charge in [-0.15, -0.1) is 0 Å². The quantitative estimate of drug-likeness (QED) is 0.847. The average Bonchev–Trinajstić information content (AvgIpc) is 2.73. The van der Waals surface area contributed by atoms with Crippen molar-refractivity contribution in [1.82, 2.24) is 4.90 Å². The number of nitrogens with zero attached hydrogens (tertiary/aromatic N) is 2. The van der Waals surface area contributed by atoms with Crippen LogP contribution in [0.1, 0.15) is 43.7 Å². The van der Waals surface area contributed by atoms with Crippen molar-refractivity contribution in [2.24, 2.45) is 5.92 Å². The van der Waals surface area contributed by atoms with E-state index >= 15 is 0 Å². The Hall–Kier alpha value is -1.82. The molecule has 1 fully saturated rings. The highest BCUT2D eigenvalue weighted by Gasteiger charge is 2.19. The summed E-state index contributed by atoms with van der Waals surface area (Å²) in [5.41, 5.74) is 1.63. The number of rotatable bonds is 3. The molecule has 1 unspecified atom stereocenters. The first-order chi connectivity index (χ1) is 9.72. The average molecular weight is 270 g/mol. The Morgan fingerprint density at radius 2 is 2.05 bits per heavy atom. The lowest BCUT2D eigenvalue weighted by atomic mass is 9.98. The van der Waals surface area contributed by atoms with Gasteiger partial charge in [0.2, 0.25) is 5.91 Å². The minimum Gasteiger partial charge on any atom is -0.342 e. The van der Waals surface area contributed by atoms with Gasteiger partial charge >= 0.3 is 0 Å². The molecule has 1 amide bonds. The number of hydrogen-bond donors (Lipinski definition) is 0. The fourth-order valence-electron chi connectivity index (χ4n) is 2.81. The molecule has 3 nitrogen and oxygen atoms in total. The Labute approximate surface area is 121 Å². The van der Waals surface area contributed by atoms with Crippen LogP contribution in [0.3, 0.4) is 0 Å². The minimum absolute atomic E-state index is 0.214. The standard InChI is InChI=1S/C17H22N2O/c1-2-14-4-3-10-19(11-9-14)17(20)12-15-5-7-16(13-18)8-6-15/h5-8,14H,2-4,9-12H2,1H3. The SMILES string of the molecule is CCC1CCCN(C(=O)Cc2ccc(C#N)cc2)CC1. The Bertz CT molecular complexity index is 487. The summed E-state index contributed by atoms with van der Waals surface area (Å²) in [5, 5.41) is 8.77. The second-order valence-corrected chi connectivity index (χ2v) is 5.57. The molecule has 0 saturated carbocycles. The van der Waals surface area contributed by atoms with Gasteiger partial charge in [0.05, 0.1) is 18.1 Å². The van der Waals surface area contributed by atoms with E-state index in [2.05, 4.69) is 13.0 Å². The molecule has 0 radical (unpaired) electrons. The lowest BCUT2D eigenvalue weighted by molar-refractivity contribution is -0.130. The Kier molecular flexibility index (Phi) is 5.17. The maximum absolute atomic E-state index is 12.3. The van der Waals surface area contributed by atoms with Gasteiger partial charge in [-0.05, 0) is 42.9 Å². The third-order valence-electron chi connectivity index (χ3n) is 4.22. The fraction of sp³-hybridized carbons (Fsp3) is 0.529. The molecule has 1 aromatic rings. The second kappa shape index (κ2) is 7.09. The first kappa shape index (κ1) is 14.6. The van der Waals surface area contributed by atoms with Crippen LogP contribution >= 0.6 is 0 Å². The normalized spacial score (nSPS) is 19.2. The molecule has 20 heavy (non-hydrogen) atoms. The van der Waals surface area contributed by atoms with E-state index in [9.17, 15) is 4.79 Å². The predicted molar refractivity (Wildman–Crippen MR) is 79.1 cm³/mol. The van der Waals surface area contributed by atoms with E-state index in [0.29, 0.717) is 12.0 Å². The molecular formula is C17H22N2O. The number of amides is 1. The van der Waals surface area contributed by atoms with Crippen molar-refractivity contribution in [2.45, 2.75) is 39.0 Å². The Morgan fingerprint density at radius 3 is 2.70 bits per heavy atom. The van der Waals surface area contributed by atoms with Gasteiger partial charge in [0.15, 0.2) is 0 Å². The van der Waals surface area contributed by atoms with Gasteiger partial charge in [-0.2, -0.15) is 5.26 Å². The molecular weight excluding hydrogens is 248 g/mol. The van der Waals surface area contributed by atoms with Crippen LogP contribution in [-0.4, -0.2) is 23.9 Å². The van der Waals surface area contributed by atoms with Gasteiger partial charge < -0.3 is 4.90 Å². The minimum atomic E-state index is 0.214. The molecule has 0 spiro atoms. The number of nitriles is 1. The first-order valence-electron chi connectivity index (χ1n) is 7.49. The highest BCUT2D eigenvalue weighted by molar-refractivity contribution is 5.78. The van der Waals surface area contributed by atoms with Crippen LogP contribution in [0.2, 0.25) is 0 Å². The summed E-state index contributed by atoms with van der Waals surface area (Å²) in [4.78, 5) is 14.3. The molecule has 1 aromatic carbocycles. The third-order valence-corrected chi connectivity index (χ3v) is 4.22. The van der Waals surface area contributed by atoms with E-state index in [1.807, 2.05) is 17.0 Å². The molecule has 1 aliphatic heterocycles. The van der Waals surface area contributed by atoms with Gasteiger partial charge in [-0.25, -0.2) is 0 Å². The van der Waals surface area contributed by atoms with E-state index in [-0.39, 0.29) is 5.91 Å². The number of benzene rings is 1. The van der Waals surface area contributed by atoms with Crippen LogP contribution < -0.4 is 0 Å². The summed E-state index contributed by atoms with van der Waals surface area (Å²) in [6.45, 7) is 4.03. The fourth-order valence-corrected chi connectivity index (χ4v) is 2.81. The monoisotopic (exact) mass is 270 g/mol. The number of carbonyl (C=O) groups excluding carboxylic acids is 1. The predicted octanol–water partition coefficient (Wildman–Crippen LogP) is 3.14. The van der Waals surface area contributed by atoms with Crippen LogP contribution in [0.25, 0.3) is 0 Å². The smallest absolute Gasteiger partial charge is 0.226 e. The molecule has 1 aliphatic rings.